The molecule has 1 aromatic rings. The van der Waals surface area contributed by atoms with Crippen molar-refractivity contribution in [2.45, 2.75) is 30.6 Å². The Hall–Kier alpha value is -0.660. The number of hydrogen-bond donors (Lipinski definition) is 0. The van der Waals surface area contributed by atoms with E-state index < -0.39 is 26.4 Å². The molecule has 0 unspecified atom stereocenters. The zero-order valence-electron chi connectivity index (χ0n) is 10.9. The molecule has 1 fully saturated rings. The molecule has 8 heteroatoms. The molecule has 4 nitrogen and oxygen atoms in total. The van der Waals surface area contributed by atoms with E-state index in [-0.39, 0.29) is 16.0 Å². The molecule has 0 aromatic heterocycles. The number of carbonyl (C=O) groups is 1. The highest BCUT2D eigenvalue weighted by molar-refractivity contribution is 9.10. The maximum absolute atomic E-state index is 13.8. The van der Waals surface area contributed by atoms with E-state index >= 15 is 0 Å². The Morgan fingerprint density at radius 1 is 1.43 bits per heavy atom. The van der Waals surface area contributed by atoms with Crippen molar-refractivity contribution >= 4 is 41.6 Å². The molecule has 0 spiro atoms. The van der Waals surface area contributed by atoms with E-state index in [2.05, 4.69) is 15.9 Å². The summed E-state index contributed by atoms with van der Waals surface area (Å²) in [6.45, 7) is 0.196. The van der Waals surface area contributed by atoms with Crippen molar-refractivity contribution < 1.29 is 22.3 Å². The van der Waals surface area contributed by atoms with Gasteiger partial charge in [-0.3, -0.25) is 0 Å². The number of esters is 1. The van der Waals surface area contributed by atoms with E-state index in [4.69, 9.17) is 15.4 Å². The van der Waals surface area contributed by atoms with Gasteiger partial charge in [0, 0.05) is 15.2 Å². The second-order valence-electron chi connectivity index (χ2n) is 4.92. The second-order valence-corrected chi connectivity index (χ2v) is 8.31. The van der Waals surface area contributed by atoms with Crippen LogP contribution < -0.4 is 0 Å². The summed E-state index contributed by atoms with van der Waals surface area (Å²) in [4.78, 5) is 11.5. The van der Waals surface area contributed by atoms with Crippen LogP contribution in [0.15, 0.2) is 21.5 Å². The van der Waals surface area contributed by atoms with Crippen molar-refractivity contribution in [1.82, 2.24) is 0 Å². The Labute approximate surface area is 135 Å². The lowest BCUT2D eigenvalue weighted by Crippen LogP contribution is -2.16. The van der Waals surface area contributed by atoms with Gasteiger partial charge in [-0.1, -0.05) is 19.3 Å². The highest BCUT2D eigenvalue weighted by atomic mass is 79.9. The Morgan fingerprint density at radius 2 is 2.10 bits per heavy atom. The fourth-order valence-corrected chi connectivity index (χ4v) is 4.22. The first kappa shape index (κ1) is 16.7. The Morgan fingerprint density at radius 3 is 2.62 bits per heavy atom. The Kier molecular flexibility index (Phi) is 5.27. The average molecular weight is 400 g/mol. The van der Waals surface area contributed by atoms with Gasteiger partial charge in [0.15, 0.2) is 0 Å². The quantitative estimate of drug-likeness (QED) is 0.557. The molecule has 21 heavy (non-hydrogen) atoms. The summed E-state index contributed by atoms with van der Waals surface area (Å²) < 4.78 is 41.4. The smallest absolute Gasteiger partial charge is 0.341 e. The largest absolute Gasteiger partial charge is 0.462 e. The maximum atomic E-state index is 13.8. The summed E-state index contributed by atoms with van der Waals surface area (Å²) in [6, 6.07) is 1.77. The summed E-state index contributed by atoms with van der Waals surface area (Å²) in [5.74, 6) is -1.19. The summed E-state index contributed by atoms with van der Waals surface area (Å²) in [7, 11) is 1.15. The lowest BCUT2D eigenvalue weighted by molar-refractivity contribution is 0.0458. The number of halogens is 3. The number of carbonyl (C=O) groups excluding carboxylic acids is 1. The third-order valence-electron chi connectivity index (χ3n) is 3.49. The van der Waals surface area contributed by atoms with E-state index in [1.165, 1.54) is 6.42 Å². The van der Waals surface area contributed by atoms with Gasteiger partial charge in [-0.05, 0) is 40.4 Å². The van der Waals surface area contributed by atoms with Gasteiger partial charge in [0.05, 0.1) is 17.1 Å². The van der Waals surface area contributed by atoms with Crippen LogP contribution in [0.4, 0.5) is 4.39 Å². The fraction of sp³-hybridized carbons (Fsp3) is 0.462. The van der Waals surface area contributed by atoms with Gasteiger partial charge in [-0.25, -0.2) is 17.6 Å². The summed E-state index contributed by atoms with van der Waals surface area (Å²) in [5, 5.41) is 0. The van der Waals surface area contributed by atoms with Crippen molar-refractivity contribution in [2.75, 3.05) is 6.61 Å². The molecule has 0 bridgehead atoms. The SMILES string of the molecule is O=C(OCCC1CCC1)c1cc(S(=O)(=O)Cl)c(Br)cc1F. The first-order valence-electron chi connectivity index (χ1n) is 6.40. The van der Waals surface area contributed by atoms with Crippen molar-refractivity contribution in [2.24, 2.45) is 5.92 Å². The summed E-state index contributed by atoms with van der Waals surface area (Å²) in [5.41, 5.74) is -0.439. The van der Waals surface area contributed by atoms with Crippen molar-refractivity contribution in [3.05, 3.63) is 28.0 Å². The van der Waals surface area contributed by atoms with Gasteiger partial charge in [-0.15, -0.1) is 0 Å². The molecule has 0 saturated heterocycles. The number of benzene rings is 1. The molecule has 0 amide bonds. The van der Waals surface area contributed by atoms with Crippen LogP contribution in [0.5, 0.6) is 0 Å². The Balaban J connectivity index is 2.12. The number of ether oxygens (including phenoxy) is 1. The van der Waals surface area contributed by atoms with Gasteiger partial charge >= 0.3 is 5.97 Å². The fourth-order valence-electron chi connectivity index (χ4n) is 2.05. The first-order valence-corrected chi connectivity index (χ1v) is 9.50. The van der Waals surface area contributed by atoms with E-state index in [9.17, 15) is 17.6 Å². The number of rotatable bonds is 5. The minimum Gasteiger partial charge on any atom is -0.462 e. The molecule has 1 saturated carbocycles. The molecule has 0 aliphatic heterocycles. The van der Waals surface area contributed by atoms with Crippen LogP contribution in [0, 0.1) is 11.7 Å². The predicted molar refractivity (Wildman–Crippen MR) is 79.4 cm³/mol. The van der Waals surface area contributed by atoms with E-state index in [0.717, 1.165) is 31.4 Å². The zero-order chi connectivity index (χ0) is 15.6. The minimum absolute atomic E-state index is 0.0407. The van der Waals surface area contributed by atoms with Crippen LogP contribution in [0.2, 0.25) is 0 Å². The van der Waals surface area contributed by atoms with Gasteiger partial charge in [-0.2, -0.15) is 0 Å². The number of hydrogen-bond acceptors (Lipinski definition) is 4. The van der Waals surface area contributed by atoms with Crippen LogP contribution >= 0.6 is 26.6 Å². The van der Waals surface area contributed by atoms with E-state index in [1.807, 2.05) is 0 Å². The Bertz CT molecular complexity index is 658. The van der Waals surface area contributed by atoms with Crippen LogP contribution in [-0.2, 0) is 13.8 Å². The normalized spacial score (nSPS) is 15.6. The van der Waals surface area contributed by atoms with Gasteiger partial charge in [0.2, 0.25) is 0 Å². The van der Waals surface area contributed by atoms with Gasteiger partial charge in [0.25, 0.3) is 9.05 Å². The molecule has 0 radical (unpaired) electrons. The predicted octanol–water partition coefficient (Wildman–Crippen LogP) is 3.86. The van der Waals surface area contributed by atoms with Crippen LogP contribution in [0.25, 0.3) is 0 Å². The van der Waals surface area contributed by atoms with Gasteiger partial charge in [0.1, 0.15) is 5.82 Å². The van der Waals surface area contributed by atoms with Gasteiger partial charge < -0.3 is 4.74 Å². The molecular weight excluding hydrogens is 387 g/mol. The zero-order valence-corrected chi connectivity index (χ0v) is 14.1. The van der Waals surface area contributed by atoms with Crippen LogP contribution in [0.3, 0.4) is 0 Å². The highest BCUT2D eigenvalue weighted by Crippen LogP contribution is 2.30. The van der Waals surface area contributed by atoms with E-state index in [0.29, 0.717) is 5.92 Å². The maximum Gasteiger partial charge on any atom is 0.341 e. The molecule has 0 heterocycles. The van der Waals surface area contributed by atoms with Crippen molar-refractivity contribution in [1.29, 1.82) is 0 Å². The second kappa shape index (κ2) is 6.62. The standard InChI is InChI=1S/C13H13BrClFO4S/c14-10-7-11(16)9(6-12(10)21(15,18)19)13(17)20-5-4-8-2-1-3-8/h6-8H,1-5H2. The average Bonchev–Trinajstić information content (AvgIpc) is 2.30. The lowest BCUT2D eigenvalue weighted by Gasteiger charge is -2.24. The molecule has 2 rings (SSSR count). The summed E-state index contributed by atoms with van der Waals surface area (Å²) >= 11 is 2.90. The van der Waals surface area contributed by atoms with Crippen molar-refractivity contribution in [3.63, 3.8) is 0 Å². The lowest BCUT2D eigenvalue weighted by atomic mass is 9.83. The third kappa shape index (κ3) is 4.17. The van der Waals surface area contributed by atoms with Crippen LogP contribution in [-0.4, -0.2) is 21.0 Å². The molecule has 1 aromatic carbocycles. The molecular formula is C13H13BrClFO4S. The molecule has 1 aliphatic carbocycles. The molecule has 0 atom stereocenters. The first-order chi connectivity index (χ1) is 9.79. The minimum atomic E-state index is -4.08. The molecule has 1 aliphatic rings. The molecule has 116 valence electrons. The molecule has 0 N–H and O–H groups in total. The highest BCUT2D eigenvalue weighted by Gasteiger charge is 2.23. The third-order valence-corrected chi connectivity index (χ3v) is 5.77. The van der Waals surface area contributed by atoms with Crippen LogP contribution in [0.1, 0.15) is 36.0 Å². The van der Waals surface area contributed by atoms with E-state index in [1.54, 1.807) is 0 Å². The monoisotopic (exact) mass is 398 g/mol. The topological polar surface area (TPSA) is 60.4 Å². The summed E-state index contributed by atoms with van der Waals surface area (Å²) in [6.07, 6.45) is 4.18. The van der Waals surface area contributed by atoms with Crippen molar-refractivity contribution in [3.8, 4) is 0 Å².